The van der Waals surface area contributed by atoms with Crippen molar-refractivity contribution in [3.05, 3.63) is 332 Å². The van der Waals surface area contributed by atoms with Gasteiger partial charge in [-0.15, -0.1) is 0 Å². The zero-order valence-electron chi connectivity index (χ0n) is 41.8. The summed E-state index contributed by atoms with van der Waals surface area (Å²) >= 11 is 0. The second-order valence-corrected chi connectivity index (χ2v) is 19.7. The summed E-state index contributed by atoms with van der Waals surface area (Å²) < 4.78 is 2.37. The smallest absolute Gasteiger partial charge is 0.0742 e. The Balaban J connectivity index is 0.902. The van der Waals surface area contributed by atoms with Crippen molar-refractivity contribution in [1.29, 1.82) is 0 Å². The van der Waals surface area contributed by atoms with Crippen LogP contribution in [0.25, 0.3) is 60.9 Å². The van der Waals surface area contributed by atoms with Gasteiger partial charge in [-0.3, -0.25) is 0 Å². The Bertz CT molecular complexity index is 4150. The van der Waals surface area contributed by atoms with E-state index >= 15 is 0 Å². The standard InChI is InChI=1S/C73H51N3/c1-6-21-52(22-7-1)53-37-43-62(44-38-53)74(63-45-39-54(40-46-63)56-42-48-70-66(50-56)65-33-16-18-35-69(65)75(70)60-28-12-4-13-29-60)64-32-20-23-55(49-64)57-41-47-68-72(51-57)76(61-30-14-5-15-31-61)71-36-19-17-34-67(71)73(68,58-24-8-2-9-25-58)59-26-10-3-11-27-59/h1-51H. The molecule has 76 heavy (non-hydrogen) atoms. The van der Waals surface area contributed by atoms with Gasteiger partial charge in [-0.1, -0.05) is 218 Å². The molecule has 1 aliphatic rings. The fourth-order valence-electron chi connectivity index (χ4n) is 12.0. The largest absolute Gasteiger partial charge is 0.310 e. The van der Waals surface area contributed by atoms with Gasteiger partial charge in [0.15, 0.2) is 0 Å². The lowest BCUT2D eigenvalue weighted by atomic mass is 9.62. The highest BCUT2D eigenvalue weighted by molar-refractivity contribution is 6.10. The summed E-state index contributed by atoms with van der Waals surface area (Å²) in [6.45, 7) is 0. The molecule has 0 saturated carbocycles. The van der Waals surface area contributed by atoms with Crippen molar-refractivity contribution in [2.24, 2.45) is 0 Å². The van der Waals surface area contributed by atoms with E-state index in [1.807, 2.05) is 0 Å². The molecule has 12 aromatic carbocycles. The summed E-state index contributed by atoms with van der Waals surface area (Å²) in [6, 6.07) is 113. The first-order valence-corrected chi connectivity index (χ1v) is 26.2. The number of hydrogen-bond acceptors (Lipinski definition) is 2. The van der Waals surface area contributed by atoms with E-state index in [-0.39, 0.29) is 0 Å². The summed E-state index contributed by atoms with van der Waals surface area (Å²) in [5, 5.41) is 2.48. The first-order valence-electron chi connectivity index (χ1n) is 26.2. The van der Waals surface area contributed by atoms with Gasteiger partial charge in [-0.05, 0) is 147 Å². The molecule has 1 aromatic heterocycles. The van der Waals surface area contributed by atoms with E-state index < -0.39 is 5.41 Å². The van der Waals surface area contributed by atoms with Crippen LogP contribution in [0.4, 0.5) is 34.1 Å². The van der Waals surface area contributed by atoms with E-state index in [0.29, 0.717) is 0 Å². The first-order chi connectivity index (χ1) is 37.7. The minimum absolute atomic E-state index is 0.582. The van der Waals surface area contributed by atoms with Gasteiger partial charge in [0.05, 0.1) is 27.8 Å². The molecule has 0 fully saturated rings. The fourth-order valence-corrected chi connectivity index (χ4v) is 12.0. The van der Waals surface area contributed by atoms with Gasteiger partial charge in [-0.2, -0.15) is 0 Å². The number of para-hydroxylation sites is 4. The normalized spacial score (nSPS) is 12.6. The van der Waals surface area contributed by atoms with Gasteiger partial charge in [0.1, 0.15) is 0 Å². The molecule has 0 bridgehead atoms. The van der Waals surface area contributed by atoms with Crippen LogP contribution in [-0.4, -0.2) is 4.57 Å². The molecular weight excluding hydrogens is 919 g/mol. The first kappa shape index (κ1) is 44.7. The van der Waals surface area contributed by atoms with Gasteiger partial charge in [0, 0.05) is 39.2 Å². The highest BCUT2D eigenvalue weighted by atomic mass is 15.2. The van der Waals surface area contributed by atoms with Crippen LogP contribution in [0.1, 0.15) is 22.3 Å². The van der Waals surface area contributed by atoms with Gasteiger partial charge in [0.25, 0.3) is 0 Å². The van der Waals surface area contributed by atoms with Crippen molar-refractivity contribution in [2.75, 3.05) is 9.80 Å². The Morgan fingerprint density at radius 2 is 0.724 bits per heavy atom. The van der Waals surface area contributed by atoms with E-state index in [9.17, 15) is 0 Å². The quantitative estimate of drug-likeness (QED) is 0.135. The molecule has 0 saturated heterocycles. The summed E-state index contributed by atoms with van der Waals surface area (Å²) in [6.07, 6.45) is 0. The lowest BCUT2D eigenvalue weighted by Crippen LogP contribution is -2.37. The van der Waals surface area contributed by atoms with Gasteiger partial charge in [0.2, 0.25) is 0 Å². The van der Waals surface area contributed by atoms with Gasteiger partial charge < -0.3 is 14.4 Å². The van der Waals surface area contributed by atoms with E-state index in [0.717, 1.165) is 56.5 Å². The number of anilines is 6. The molecule has 13 aromatic rings. The molecule has 3 heteroatoms. The maximum absolute atomic E-state index is 2.46. The third-order valence-corrected chi connectivity index (χ3v) is 15.4. The number of rotatable bonds is 10. The van der Waals surface area contributed by atoms with Crippen molar-refractivity contribution in [3.63, 3.8) is 0 Å². The molecule has 1 aliphatic heterocycles. The molecular formula is C73H51N3. The SMILES string of the molecule is c1ccc(-c2ccc(N(c3ccc(-c4ccc5c(c4)c4ccccc4n5-c4ccccc4)cc3)c3cccc(-c4ccc5c(c4)N(c4ccccc4)c4ccccc4C5(c4ccccc4)c4ccccc4)c3)cc2)cc1. The molecule has 2 heterocycles. The Labute approximate surface area is 444 Å². The van der Waals surface area contributed by atoms with Crippen molar-refractivity contribution < 1.29 is 0 Å². The molecule has 0 amide bonds. The Hall–Kier alpha value is -9.96. The van der Waals surface area contributed by atoms with Gasteiger partial charge >= 0.3 is 0 Å². The van der Waals surface area contributed by atoms with E-state index in [2.05, 4.69) is 324 Å². The zero-order valence-corrected chi connectivity index (χ0v) is 41.8. The predicted octanol–water partition coefficient (Wildman–Crippen LogP) is 19.4. The molecule has 0 N–H and O–H groups in total. The topological polar surface area (TPSA) is 11.4 Å². The second kappa shape index (κ2) is 18.8. The van der Waals surface area contributed by atoms with Crippen LogP contribution >= 0.6 is 0 Å². The van der Waals surface area contributed by atoms with Crippen LogP contribution in [0, 0.1) is 0 Å². The molecule has 0 spiro atoms. The monoisotopic (exact) mass is 969 g/mol. The van der Waals surface area contributed by atoms with Crippen LogP contribution in [0.2, 0.25) is 0 Å². The van der Waals surface area contributed by atoms with Crippen LogP contribution in [0.15, 0.2) is 309 Å². The summed E-state index contributed by atoms with van der Waals surface area (Å²) in [4.78, 5) is 4.85. The zero-order chi connectivity index (χ0) is 50.4. The Kier molecular flexibility index (Phi) is 11.1. The minimum atomic E-state index is -0.582. The van der Waals surface area contributed by atoms with Crippen LogP contribution in [-0.2, 0) is 5.41 Å². The Morgan fingerprint density at radius 1 is 0.263 bits per heavy atom. The fraction of sp³-hybridized carbons (Fsp3) is 0.0137. The maximum atomic E-state index is 2.46. The number of hydrogen-bond donors (Lipinski definition) is 0. The molecule has 0 aliphatic carbocycles. The molecule has 14 rings (SSSR count). The predicted molar refractivity (Wildman–Crippen MR) is 318 cm³/mol. The van der Waals surface area contributed by atoms with Crippen molar-refractivity contribution >= 4 is 55.9 Å². The highest BCUT2D eigenvalue weighted by Gasteiger charge is 2.46. The second-order valence-electron chi connectivity index (χ2n) is 19.7. The molecule has 3 nitrogen and oxygen atoms in total. The maximum Gasteiger partial charge on any atom is 0.0742 e. The lowest BCUT2D eigenvalue weighted by Gasteiger charge is -2.46. The third-order valence-electron chi connectivity index (χ3n) is 15.4. The van der Waals surface area contributed by atoms with E-state index in [1.165, 1.54) is 60.8 Å². The molecule has 0 atom stereocenters. The molecule has 358 valence electrons. The summed E-state index contributed by atoms with van der Waals surface area (Å²) in [7, 11) is 0. The van der Waals surface area contributed by atoms with Crippen LogP contribution in [0.3, 0.4) is 0 Å². The van der Waals surface area contributed by atoms with E-state index in [4.69, 9.17) is 0 Å². The molecule has 0 unspecified atom stereocenters. The van der Waals surface area contributed by atoms with Crippen LogP contribution < -0.4 is 9.80 Å². The minimum Gasteiger partial charge on any atom is -0.310 e. The number of aromatic nitrogens is 1. The van der Waals surface area contributed by atoms with E-state index in [1.54, 1.807) is 0 Å². The third kappa shape index (κ3) is 7.51. The number of benzene rings is 12. The average Bonchev–Trinajstić information content (AvgIpc) is 3.98. The number of fused-ring (bicyclic) bond motifs is 5. The Morgan fingerprint density at radius 3 is 1.39 bits per heavy atom. The highest BCUT2D eigenvalue weighted by Crippen LogP contribution is 2.58. The summed E-state index contributed by atoms with van der Waals surface area (Å²) in [5.41, 5.74) is 21.5. The number of nitrogens with zero attached hydrogens (tertiary/aromatic N) is 3. The van der Waals surface area contributed by atoms with Crippen molar-refractivity contribution in [1.82, 2.24) is 4.57 Å². The van der Waals surface area contributed by atoms with Crippen molar-refractivity contribution in [3.8, 4) is 39.1 Å². The van der Waals surface area contributed by atoms with Crippen LogP contribution in [0.5, 0.6) is 0 Å². The van der Waals surface area contributed by atoms with Crippen molar-refractivity contribution in [2.45, 2.75) is 5.41 Å². The summed E-state index contributed by atoms with van der Waals surface area (Å²) in [5.74, 6) is 0. The lowest BCUT2D eigenvalue weighted by molar-refractivity contribution is 0.731. The van der Waals surface area contributed by atoms with Gasteiger partial charge in [-0.25, -0.2) is 0 Å². The average molecular weight is 970 g/mol. The molecule has 0 radical (unpaired) electrons.